The van der Waals surface area contributed by atoms with Crippen LogP contribution in [0.5, 0.6) is 0 Å². The fourth-order valence-corrected chi connectivity index (χ4v) is 4.41. The van der Waals surface area contributed by atoms with Gasteiger partial charge in [-0.25, -0.2) is 9.97 Å². The number of carbonyl (C=O) groups is 1. The minimum absolute atomic E-state index is 0.117. The third-order valence-electron chi connectivity index (χ3n) is 5.26. The van der Waals surface area contributed by atoms with Crippen LogP contribution in [0, 0.1) is 0 Å². The van der Waals surface area contributed by atoms with E-state index in [2.05, 4.69) is 21.5 Å². The number of fused-ring (bicyclic) bond motifs is 1. The van der Waals surface area contributed by atoms with E-state index in [1.807, 2.05) is 47.1 Å². The highest BCUT2D eigenvalue weighted by atomic mass is 32.1. The first-order valence-electron chi connectivity index (χ1n) is 8.73. The van der Waals surface area contributed by atoms with Gasteiger partial charge in [0.1, 0.15) is 0 Å². The number of rotatable bonds is 4. The van der Waals surface area contributed by atoms with Gasteiger partial charge in [0, 0.05) is 43.0 Å². The van der Waals surface area contributed by atoms with Crippen molar-refractivity contribution in [1.29, 1.82) is 0 Å². The summed E-state index contributed by atoms with van der Waals surface area (Å²) in [5.41, 5.74) is 2.18. The molecule has 0 saturated carbocycles. The number of thiazole rings is 1. The second kappa shape index (κ2) is 6.59. The summed E-state index contributed by atoms with van der Waals surface area (Å²) < 4.78 is 2.07. The van der Waals surface area contributed by atoms with Crippen molar-refractivity contribution in [1.82, 2.24) is 19.4 Å². The predicted octanol–water partition coefficient (Wildman–Crippen LogP) is 3.46. The quantitative estimate of drug-likeness (QED) is 0.721. The van der Waals surface area contributed by atoms with Crippen molar-refractivity contribution in [2.45, 2.75) is 38.1 Å². The second-order valence-corrected chi connectivity index (χ2v) is 7.85. The highest BCUT2D eigenvalue weighted by Gasteiger charge is 2.35. The molecule has 1 aliphatic heterocycles. The minimum atomic E-state index is 0.117. The summed E-state index contributed by atoms with van der Waals surface area (Å²) >= 11 is 1.72. The van der Waals surface area contributed by atoms with Crippen molar-refractivity contribution < 1.29 is 4.79 Å². The predicted molar refractivity (Wildman–Crippen MR) is 99.6 cm³/mol. The molecule has 3 heterocycles. The second-order valence-electron chi connectivity index (χ2n) is 6.96. The Morgan fingerprint density at radius 3 is 2.80 bits per heavy atom. The summed E-state index contributed by atoms with van der Waals surface area (Å²) in [6.45, 7) is 4.59. The zero-order valence-corrected chi connectivity index (χ0v) is 15.2. The van der Waals surface area contributed by atoms with E-state index in [4.69, 9.17) is 0 Å². The molecular weight excluding hydrogens is 332 g/mol. The summed E-state index contributed by atoms with van der Waals surface area (Å²) in [6.07, 6.45) is 6.20. The van der Waals surface area contributed by atoms with E-state index in [-0.39, 0.29) is 11.3 Å². The zero-order valence-electron chi connectivity index (χ0n) is 14.4. The van der Waals surface area contributed by atoms with E-state index < -0.39 is 0 Å². The first-order chi connectivity index (χ1) is 12.2. The normalized spacial score (nSPS) is 17.1. The fraction of sp³-hybridized carbons (Fsp3) is 0.421. The summed E-state index contributed by atoms with van der Waals surface area (Å²) in [5, 5.41) is 3.23. The van der Waals surface area contributed by atoms with Gasteiger partial charge in [0.2, 0.25) is 5.91 Å². The number of nitrogens with zero attached hydrogens (tertiary/aromatic N) is 4. The smallest absolute Gasteiger partial charge is 0.224 e. The third kappa shape index (κ3) is 3.18. The van der Waals surface area contributed by atoms with Gasteiger partial charge in [0.05, 0.1) is 22.4 Å². The van der Waals surface area contributed by atoms with Crippen molar-refractivity contribution in [2.75, 3.05) is 13.1 Å². The van der Waals surface area contributed by atoms with Crippen LogP contribution >= 0.6 is 11.3 Å². The zero-order chi connectivity index (χ0) is 17.3. The molecule has 1 saturated heterocycles. The highest BCUT2D eigenvalue weighted by Crippen LogP contribution is 2.36. The van der Waals surface area contributed by atoms with Crippen LogP contribution < -0.4 is 0 Å². The number of carbonyl (C=O) groups excluding carboxylic acids is 1. The molecule has 0 radical (unpaired) electrons. The molecule has 0 atom stereocenters. The van der Waals surface area contributed by atoms with Gasteiger partial charge in [0.25, 0.3) is 0 Å². The molecule has 0 aliphatic carbocycles. The SMILES string of the molecule is CC1(c2nccs2)CCN(C(=O)CCn2cnc3ccccc32)CC1. The lowest BCUT2D eigenvalue weighted by atomic mass is 9.81. The van der Waals surface area contributed by atoms with Crippen molar-refractivity contribution in [3.8, 4) is 0 Å². The number of hydrogen-bond acceptors (Lipinski definition) is 4. The molecule has 4 rings (SSSR count). The number of benzene rings is 1. The summed E-state index contributed by atoms with van der Waals surface area (Å²) in [5.74, 6) is 0.235. The van der Waals surface area contributed by atoms with Crippen LogP contribution in [0.2, 0.25) is 0 Å². The van der Waals surface area contributed by atoms with Crippen LogP contribution in [0.4, 0.5) is 0 Å². The van der Waals surface area contributed by atoms with Crippen LogP contribution in [-0.2, 0) is 16.8 Å². The van der Waals surface area contributed by atoms with Crippen molar-refractivity contribution in [2.24, 2.45) is 0 Å². The van der Waals surface area contributed by atoms with Gasteiger partial charge in [0.15, 0.2) is 0 Å². The van der Waals surface area contributed by atoms with E-state index in [0.29, 0.717) is 13.0 Å². The van der Waals surface area contributed by atoms with Gasteiger partial charge in [-0.1, -0.05) is 19.1 Å². The first kappa shape index (κ1) is 16.3. The van der Waals surface area contributed by atoms with Crippen molar-refractivity contribution in [3.63, 3.8) is 0 Å². The number of imidazole rings is 1. The van der Waals surface area contributed by atoms with Crippen LogP contribution in [0.1, 0.15) is 31.2 Å². The maximum Gasteiger partial charge on any atom is 0.224 e. The lowest BCUT2D eigenvalue weighted by Crippen LogP contribution is -2.44. The van der Waals surface area contributed by atoms with Gasteiger partial charge in [-0.3, -0.25) is 4.79 Å². The lowest BCUT2D eigenvalue weighted by Gasteiger charge is -2.38. The molecule has 130 valence electrons. The average molecular weight is 354 g/mol. The number of hydrogen-bond donors (Lipinski definition) is 0. The van der Waals surface area contributed by atoms with Crippen LogP contribution in [0.25, 0.3) is 11.0 Å². The highest BCUT2D eigenvalue weighted by molar-refractivity contribution is 7.09. The van der Waals surface area contributed by atoms with Crippen LogP contribution in [0.15, 0.2) is 42.2 Å². The molecule has 1 aliphatic rings. The van der Waals surface area contributed by atoms with Crippen molar-refractivity contribution in [3.05, 3.63) is 47.2 Å². The Hall–Kier alpha value is -2.21. The third-order valence-corrected chi connectivity index (χ3v) is 6.34. The molecule has 2 aromatic heterocycles. The number of aryl methyl sites for hydroxylation is 1. The molecule has 3 aromatic rings. The average Bonchev–Trinajstić information content (AvgIpc) is 3.31. The maximum atomic E-state index is 12.6. The van der Waals surface area contributed by atoms with Gasteiger partial charge in [-0.15, -0.1) is 11.3 Å². The van der Waals surface area contributed by atoms with E-state index in [9.17, 15) is 4.79 Å². The summed E-state index contributed by atoms with van der Waals surface area (Å²) in [4.78, 5) is 23.5. The molecular formula is C19H22N4OS. The fourth-order valence-electron chi connectivity index (χ4n) is 3.55. The Kier molecular flexibility index (Phi) is 4.29. The molecule has 1 fully saturated rings. The van der Waals surface area contributed by atoms with Crippen LogP contribution in [-0.4, -0.2) is 38.4 Å². The molecule has 0 N–H and O–H groups in total. The molecule has 1 aromatic carbocycles. The molecule has 6 heteroatoms. The van der Waals surface area contributed by atoms with Crippen LogP contribution in [0.3, 0.4) is 0 Å². The van der Waals surface area contributed by atoms with Gasteiger partial charge in [-0.2, -0.15) is 0 Å². The first-order valence-corrected chi connectivity index (χ1v) is 9.61. The Morgan fingerprint density at radius 2 is 2.04 bits per heavy atom. The number of para-hydroxylation sites is 2. The largest absolute Gasteiger partial charge is 0.343 e. The topological polar surface area (TPSA) is 51.0 Å². The van der Waals surface area contributed by atoms with E-state index in [0.717, 1.165) is 37.0 Å². The number of likely N-dealkylation sites (tertiary alicyclic amines) is 1. The maximum absolute atomic E-state index is 12.6. The summed E-state index contributed by atoms with van der Waals surface area (Å²) in [7, 11) is 0. The Bertz CT molecular complexity index is 863. The van der Waals surface area contributed by atoms with Gasteiger partial charge < -0.3 is 9.47 Å². The van der Waals surface area contributed by atoms with E-state index >= 15 is 0 Å². The number of amides is 1. The van der Waals surface area contributed by atoms with Gasteiger partial charge in [-0.05, 0) is 25.0 Å². The number of aromatic nitrogens is 3. The number of piperidine rings is 1. The molecule has 0 unspecified atom stereocenters. The monoisotopic (exact) mass is 354 g/mol. The lowest BCUT2D eigenvalue weighted by molar-refractivity contribution is -0.133. The Morgan fingerprint density at radius 1 is 1.24 bits per heavy atom. The van der Waals surface area contributed by atoms with Crippen molar-refractivity contribution >= 4 is 28.3 Å². The van der Waals surface area contributed by atoms with E-state index in [1.54, 1.807) is 11.3 Å². The summed E-state index contributed by atoms with van der Waals surface area (Å²) in [6, 6.07) is 8.04. The Balaban J connectivity index is 1.35. The minimum Gasteiger partial charge on any atom is -0.343 e. The Labute approximate surface area is 151 Å². The molecule has 1 amide bonds. The van der Waals surface area contributed by atoms with E-state index in [1.165, 1.54) is 5.01 Å². The molecule has 25 heavy (non-hydrogen) atoms. The molecule has 5 nitrogen and oxygen atoms in total. The van der Waals surface area contributed by atoms with Gasteiger partial charge >= 0.3 is 0 Å². The molecule has 0 spiro atoms. The standard InChI is InChI=1S/C19H22N4OS/c1-19(18-20-9-13-25-18)7-11-22(12-8-19)17(24)6-10-23-14-21-15-4-2-3-5-16(15)23/h2-5,9,13-14H,6-8,10-12H2,1H3. The molecule has 0 bridgehead atoms.